The lowest BCUT2D eigenvalue weighted by molar-refractivity contribution is -0.0170. The summed E-state index contributed by atoms with van der Waals surface area (Å²) in [5, 5.41) is 0. The molecule has 0 bridgehead atoms. The molecular weight excluding hydrogens is 378 g/mol. The van der Waals surface area contributed by atoms with Crippen LogP contribution in [-0.2, 0) is 20.6 Å². The quantitative estimate of drug-likeness (QED) is 0.737. The molecule has 1 fully saturated rings. The first kappa shape index (κ1) is 17.2. The van der Waals surface area contributed by atoms with E-state index >= 15 is 0 Å². The molecule has 1 aromatic rings. The Bertz CT molecular complexity index is 635. The molecule has 1 saturated heterocycles. The van der Waals surface area contributed by atoms with Gasteiger partial charge in [0, 0.05) is 22.9 Å². The van der Waals surface area contributed by atoms with E-state index in [0.29, 0.717) is 23.6 Å². The maximum atomic E-state index is 13.0. The summed E-state index contributed by atoms with van der Waals surface area (Å²) in [4.78, 5) is 0.313. The van der Waals surface area contributed by atoms with Crippen LogP contribution in [0.1, 0.15) is 25.0 Å². The van der Waals surface area contributed by atoms with E-state index < -0.39 is 10.0 Å². The smallest absolute Gasteiger partial charge is 0.243 e. The van der Waals surface area contributed by atoms with E-state index in [1.807, 2.05) is 19.9 Å². The van der Waals surface area contributed by atoms with Crippen LogP contribution in [0.5, 0.6) is 0 Å². The Morgan fingerprint density at radius 2 is 2.10 bits per heavy atom. The van der Waals surface area contributed by atoms with Gasteiger partial charge in [-0.05, 0) is 44.0 Å². The Labute approximate surface area is 139 Å². The fourth-order valence-corrected chi connectivity index (χ4v) is 5.17. The third kappa shape index (κ3) is 3.45. The van der Waals surface area contributed by atoms with Crippen molar-refractivity contribution in [3.63, 3.8) is 0 Å². The molecule has 7 heteroatoms. The van der Waals surface area contributed by atoms with Crippen LogP contribution < -0.4 is 0 Å². The fourth-order valence-electron chi connectivity index (χ4n) is 2.39. The number of alkyl halides is 1. The van der Waals surface area contributed by atoms with Gasteiger partial charge in [0.25, 0.3) is 0 Å². The molecule has 0 aliphatic carbocycles. The predicted molar refractivity (Wildman–Crippen MR) is 87.2 cm³/mol. The topological polar surface area (TPSA) is 46.6 Å². The summed E-state index contributed by atoms with van der Waals surface area (Å²) in [6.07, 6.45) is -0.101. The van der Waals surface area contributed by atoms with Gasteiger partial charge in [0.1, 0.15) is 0 Å². The van der Waals surface area contributed by atoms with Crippen LogP contribution >= 0.6 is 27.5 Å². The zero-order chi connectivity index (χ0) is 15.8. The van der Waals surface area contributed by atoms with Gasteiger partial charge >= 0.3 is 0 Å². The fraction of sp³-hybridized carbons (Fsp3) is 0.571. The number of ether oxygens (including phenoxy) is 1. The van der Waals surface area contributed by atoms with E-state index in [1.165, 1.54) is 4.31 Å². The first-order valence-corrected chi connectivity index (χ1v) is 9.52. The molecule has 0 radical (unpaired) electrons. The van der Waals surface area contributed by atoms with E-state index in [1.54, 1.807) is 13.0 Å². The van der Waals surface area contributed by atoms with Gasteiger partial charge in [-0.1, -0.05) is 15.9 Å². The highest BCUT2D eigenvalue weighted by atomic mass is 79.9. The number of hydrogen-bond acceptors (Lipinski definition) is 3. The van der Waals surface area contributed by atoms with Gasteiger partial charge in [-0.25, -0.2) is 8.42 Å². The standard InChI is InChI=1S/C14H19BrClNO3S/c1-9-8-20-10(2)7-17(9)21(18,19)14-5-12(6-16)4-13(15)11(14)3/h4-5,9-10H,6-8H2,1-3H3. The zero-order valence-electron chi connectivity index (χ0n) is 12.3. The van der Waals surface area contributed by atoms with Gasteiger partial charge in [0.2, 0.25) is 10.0 Å². The van der Waals surface area contributed by atoms with E-state index in [4.69, 9.17) is 16.3 Å². The first-order chi connectivity index (χ1) is 9.77. The Hall–Kier alpha value is -0.140. The van der Waals surface area contributed by atoms with Crippen molar-refractivity contribution in [2.75, 3.05) is 13.2 Å². The maximum absolute atomic E-state index is 13.0. The molecule has 2 atom stereocenters. The molecule has 0 spiro atoms. The van der Waals surface area contributed by atoms with E-state index in [-0.39, 0.29) is 18.0 Å². The van der Waals surface area contributed by atoms with Gasteiger partial charge in [-0.15, -0.1) is 11.6 Å². The Morgan fingerprint density at radius 1 is 1.43 bits per heavy atom. The first-order valence-electron chi connectivity index (χ1n) is 6.75. The van der Waals surface area contributed by atoms with Crippen molar-refractivity contribution in [1.82, 2.24) is 4.31 Å². The van der Waals surface area contributed by atoms with Gasteiger partial charge in [-0.3, -0.25) is 0 Å². The number of rotatable bonds is 3. The molecule has 1 heterocycles. The summed E-state index contributed by atoms with van der Waals surface area (Å²) < 4.78 is 33.8. The van der Waals surface area contributed by atoms with Crippen molar-refractivity contribution >= 4 is 37.6 Å². The van der Waals surface area contributed by atoms with Crippen molar-refractivity contribution < 1.29 is 13.2 Å². The second kappa shape index (κ2) is 6.54. The largest absolute Gasteiger partial charge is 0.375 e. The number of nitrogens with zero attached hydrogens (tertiary/aromatic N) is 1. The van der Waals surface area contributed by atoms with Crippen LogP contribution in [-0.4, -0.2) is 38.0 Å². The Morgan fingerprint density at radius 3 is 2.71 bits per heavy atom. The van der Waals surface area contributed by atoms with Crippen LogP contribution in [0.4, 0.5) is 0 Å². The van der Waals surface area contributed by atoms with Crippen molar-refractivity contribution in [2.45, 2.75) is 43.7 Å². The Balaban J connectivity index is 2.51. The second-order valence-corrected chi connectivity index (χ2v) is 8.38. The van der Waals surface area contributed by atoms with Crippen LogP contribution in [0.3, 0.4) is 0 Å². The van der Waals surface area contributed by atoms with Gasteiger partial charge in [-0.2, -0.15) is 4.31 Å². The highest BCUT2D eigenvalue weighted by Crippen LogP contribution is 2.30. The minimum absolute atomic E-state index is 0.101. The van der Waals surface area contributed by atoms with Crippen LogP contribution in [0.2, 0.25) is 0 Å². The monoisotopic (exact) mass is 395 g/mol. The van der Waals surface area contributed by atoms with E-state index in [9.17, 15) is 8.42 Å². The minimum atomic E-state index is -3.57. The molecule has 1 aromatic carbocycles. The summed E-state index contributed by atoms with van der Waals surface area (Å²) in [6.45, 7) is 6.32. The average Bonchev–Trinajstić information content (AvgIpc) is 2.43. The number of morpholine rings is 1. The molecular formula is C14H19BrClNO3S. The van der Waals surface area contributed by atoms with Gasteiger partial charge in [0.15, 0.2) is 0 Å². The SMILES string of the molecule is Cc1c(Br)cc(CCl)cc1S(=O)(=O)N1CC(C)OCC1C. The zero-order valence-corrected chi connectivity index (χ0v) is 15.4. The van der Waals surface area contributed by atoms with Crippen LogP contribution in [0.25, 0.3) is 0 Å². The third-order valence-corrected chi connectivity index (χ3v) is 6.89. The molecule has 1 aliphatic rings. The molecule has 2 rings (SSSR count). The lowest BCUT2D eigenvalue weighted by Crippen LogP contribution is -2.50. The predicted octanol–water partition coefficient (Wildman–Crippen LogP) is 3.29. The third-order valence-electron chi connectivity index (χ3n) is 3.65. The summed E-state index contributed by atoms with van der Waals surface area (Å²) in [6, 6.07) is 3.34. The second-order valence-electron chi connectivity index (χ2n) is 5.40. The highest BCUT2D eigenvalue weighted by molar-refractivity contribution is 9.10. The van der Waals surface area contributed by atoms with Gasteiger partial charge in [0.05, 0.1) is 17.6 Å². The van der Waals surface area contributed by atoms with Crippen molar-refractivity contribution in [1.29, 1.82) is 0 Å². The molecule has 0 amide bonds. The van der Waals surface area contributed by atoms with E-state index in [0.717, 1.165) is 10.0 Å². The molecule has 2 unspecified atom stereocenters. The van der Waals surface area contributed by atoms with Gasteiger partial charge < -0.3 is 4.74 Å². The summed E-state index contributed by atoms with van der Waals surface area (Å²) in [5.41, 5.74) is 1.48. The van der Waals surface area contributed by atoms with Crippen molar-refractivity contribution in [2.24, 2.45) is 0 Å². The molecule has 4 nitrogen and oxygen atoms in total. The number of hydrogen-bond donors (Lipinski definition) is 0. The molecule has 0 saturated carbocycles. The molecule has 0 aromatic heterocycles. The van der Waals surface area contributed by atoms with E-state index in [2.05, 4.69) is 15.9 Å². The molecule has 118 valence electrons. The van der Waals surface area contributed by atoms with Crippen LogP contribution in [0.15, 0.2) is 21.5 Å². The molecule has 1 aliphatic heterocycles. The summed E-state index contributed by atoms with van der Waals surface area (Å²) in [7, 11) is -3.57. The number of benzene rings is 1. The number of sulfonamides is 1. The normalized spacial score (nSPS) is 24.2. The maximum Gasteiger partial charge on any atom is 0.243 e. The lowest BCUT2D eigenvalue weighted by Gasteiger charge is -2.36. The number of halogens is 2. The lowest BCUT2D eigenvalue weighted by atomic mass is 10.2. The summed E-state index contributed by atoms with van der Waals surface area (Å²) in [5.74, 6) is 0.274. The van der Waals surface area contributed by atoms with Crippen molar-refractivity contribution in [3.8, 4) is 0 Å². The minimum Gasteiger partial charge on any atom is -0.375 e. The van der Waals surface area contributed by atoms with Crippen molar-refractivity contribution in [3.05, 3.63) is 27.7 Å². The highest BCUT2D eigenvalue weighted by Gasteiger charge is 2.35. The van der Waals surface area contributed by atoms with Crippen LogP contribution in [0, 0.1) is 6.92 Å². The summed E-state index contributed by atoms with van der Waals surface area (Å²) >= 11 is 9.28. The average molecular weight is 397 g/mol. The Kier molecular flexibility index (Phi) is 5.36. The molecule has 0 N–H and O–H groups in total. The molecule has 21 heavy (non-hydrogen) atoms.